The van der Waals surface area contributed by atoms with E-state index in [1.807, 2.05) is 18.8 Å². The van der Waals surface area contributed by atoms with Crippen molar-refractivity contribution < 1.29 is 4.74 Å². The van der Waals surface area contributed by atoms with Gasteiger partial charge in [-0.05, 0) is 48.2 Å². The maximum atomic E-state index is 5.72. The lowest BCUT2D eigenvalue weighted by molar-refractivity contribution is -0.0841. The zero-order chi connectivity index (χ0) is 13.2. The van der Waals surface area contributed by atoms with E-state index in [0.29, 0.717) is 0 Å². The molecule has 1 aliphatic carbocycles. The molecule has 1 heterocycles. The molecule has 0 aliphatic heterocycles. The Bertz CT molecular complexity index is 378. The number of ether oxygens (including phenoxy) is 1. The van der Waals surface area contributed by atoms with Crippen molar-refractivity contribution >= 4 is 15.9 Å². The number of hydrogen-bond donors (Lipinski definition) is 1. The molecule has 0 amide bonds. The minimum atomic E-state index is 0.0382. The van der Waals surface area contributed by atoms with Gasteiger partial charge < -0.3 is 10.1 Å². The first-order valence-electron chi connectivity index (χ1n) is 6.45. The summed E-state index contributed by atoms with van der Waals surface area (Å²) < 4.78 is 8.38. The van der Waals surface area contributed by atoms with Crippen LogP contribution in [-0.4, -0.2) is 34.2 Å². The summed E-state index contributed by atoms with van der Waals surface area (Å²) in [6.07, 6.45) is 4.53. The number of aryl methyl sites for hydroxylation is 1. The van der Waals surface area contributed by atoms with Crippen LogP contribution in [0, 0.1) is 0 Å². The highest BCUT2D eigenvalue weighted by Crippen LogP contribution is 2.42. The monoisotopic (exact) mass is 316 g/mol. The first kappa shape index (κ1) is 14.0. The Morgan fingerprint density at radius 1 is 1.56 bits per heavy atom. The predicted octanol–water partition coefficient (Wildman–Crippen LogP) is 2.19. The van der Waals surface area contributed by atoms with Gasteiger partial charge in [-0.2, -0.15) is 0 Å². The van der Waals surface area contributed by atoms with Gasteiger partial charge in [0.05, 0.1) is 17.3 Å². The number of hydrogen-bond acceptors (Lipinski definition) is 4. The van der Waals surface area contributed by atoms with Crippen LogP contribution in [0.5, 0.6) is 0 Å². The summed E-state index contributed by atoms with van der Waals surface area (Å²) >= 11 is 3.48. The Morgan fingerprint density at radius 2 is 2.28 bits per heavy atom. The van der Waals surface area contributed by atoms with Crippen LogP contribution in [0.1, 0.15) is 44.3 Å². The van der Waals surface area contributed by atoms with Crippen molar-refractivity contribution in [3.8, 4) is 0 Å². The zero-order valence-corrected chi connectivity index (χ0v) is 12.8. The van der Waals surface area contributed by atoms with E-state index in [4.69, 9.17) is 4.74 Å². The number of methoxy groups -OCH3 is 1. The molecule has 1 aromatic heterocycles. The van der Waals surface area contributed by atoms with Gasteiger partial charge in [0, 0.05) is 14.2 Å². The molecule has 102 valence electrons. The Hall–Kier alpha value is -0.460. The van der Waals surface area contributed by atoms with Crippen molar-refractivity contribution in [2.45, 2.75) is 44.2 Å². The smallest absolute Gasteiger partial charge is 0.153 e. The summed E-state index contributed by atoms with van der Waals surface area (Å²) in [6.45, 7) is 3.03. The molecule has 1 N–H and O–H groups in total. The second-order valence-electron chi connectivity index (χ2n) is 4.94. The molecule has 1 atom stereocenters. The van der Waals surface area contributed by atoms with Crippen molar-refractivity contribution in [1.82, 2.24) is 20.3 Å². The third-order valence-corrected chi connectivity index (χ3v) is 4.45. The topological polar surface area (TPSA) is 52.0 Å². The van der Waals surface area contributed by atoms with Gasteiger partial charge in [0.15, 0.2) is 4.60 Å². The first-order valence-corrected chi connectivity index (χ1v) is 7.25. The second kappa shape index (κ2) is 5.67. The van der Waals surface area contributed by atoms with Gasteiger partial charge >= 0.3 is 0 Å². The SMILES string of the molecule is CCNC(CC1(OC)CCC1)c1c(Br)nnn1C. The van der Waals surface area contributed by atoms with Gasteiger partial charge in [-0.1, -0.05) is 12.1 Å². The third kappa shape index (κ3) is 2.60. The van der Waals surface area contributed by atoms with Crippen LogP contribution in [0.3, 0.4) is 0 Å². The average molecular weight is 317 g/mol. The molecule has 0 bridgehead atoms. The second-order valence-corrected chi connectivity index (χ2v) is 5.70. The van der Waals surface area contributed by atoms with Crippen LogP contribution in [0.2, 0.25) is 0 Å². The Kier molecular flexibility index (Phi) is 4.40. The lowest BCUT2D eigenvalue weighted by atomic mass is 9.75. The quantitative estimate of drug-likeness (QED) is 0.874. The Morgan fingerprint density at radius 3 is 2.67 bits per heavy atom. The summed E-state index contributed by atoms with van der Waals surface area (Å²) in [7, 11) is 3.75. The minimum absolute atomic E-state index is 0.0382. The van der Waals surface area contributed by atoms with E-state index in [0.717, 1.165) is 36.1 Å². The number of halogens is 1. The molecule has 6 heteroatoms. The van der Waals surface area contributed by atoms with Crippen molar-refractivity contribution in [1.29, 1.82) is 0 Å². The highest BCUT2D eigenvalue weighted by Gasteiger charge is 2.40. The van der Waals surface area contributed by atoms with Crippen molar-refractivity contribution in [2.24, 2.45) is 7.05 Å². The molecule has 0 radical (unpaired) electrons. The van der Waals surface area contributed by atoms with Crippen LogP contribution in [-0.2, 0) is 11.8 Å². The fraction of sp³-hybridized carbons (Fsp3) is 0.833. The fourth-order valence-corrected chi connectivity index (χ4v) is 3.26. The Balaban J connectivity index is 2.18. The zero-order valence-electron chi connectivity index (χ0n) is 11.2. The molecule has 1 aromatic rings. The largest absolute Gasteiger partial charge is 0.378 e. The number of nitrogens with zero attached hydrogens (tertiary/aromatic N) is 3. The molecule has 2 rings (SSSR count). The lowest BCUT2D eigenvalue weighted by Gasteiger charge is -2.42. The highest BCUT2D eigenvalue weighted by atomic mass is 79.9. The molecule has 0 saturated heterocycles. The first-order chi connectivity index (χ1) is 8.62. The molecule has 5 nitrogen and oxygen atoms in total. The maximum Gasteiger partial charge on any atom is 0.153 e. The molecular weight excluding hydrogens is 296 g/mol. The lowest BCUT2D eigenvalue weighted by Crippen LogP contribution is -2.43. The fourth-order valence-electron chi connectivity index (χ4n) is 2.66. The molecule has 1 saturated carbocycles. The standard InChI is InChI=1S/C12H21BrN4O/c1-4-14-9(8-12(18-3)6-5-7-12)10-11(13)15-16-17(10)2/h9,14H,4-8H2,1-3H3. The van der Waals surface area contributed by atoms with E-state index in [9.17, 15) is 0 Å². The van der Waals surface area contributed by atoms with E-state index in [-0.39, 0.29) is 11.6 Å². The van der Waals surface area contributed by atoms with Gasteiger partial charge in [0.1, 0.15) is 0 Å². The number of aromatic nitrogens is 3. The molecule has 18 heavy (non-hydrogen) atoms. The van der Waals surface area contributed by atoms with Crippen molar-refractivity contribution in [3.63, 3.8) is 0 Å². The molecule has 1 fully saturated rings. The summed E-state index contributed by atoms with van der Waals surface area (Å²) in [5.41, 5.74) is 1.14. The minimum Gasteiger partial charge on any atom is -0.378 e. The summed E-state index contributed by atoms with van der Waals surface area (Å²) in [5.74, 6) is 0. The average Bonchev–Trinajstić information content (AvgIpc) is 2.63. The van der Waals surface area contributed by atoms with Crippen LogP contribution >= 0.6 is 15.9 Å². The van der Waals surface area contributed by atoms with Gasteiger partial charge in [-0.25, -0.2) is 4.68 Å². The number of nitrogens with one attached hydrogen (secondary N) is 1. The van der Waals surface area contributed by atoms with Crippen LogP contribution in [0.25, 0.3) is 0 Å². The van der Waals surface area contributed by atoms with Crippen LogP contribution < -0.4 is 5.32 Å². The van der Waals surface area contributed by atoms with Gasteiger partial charge in [-0.15, -0.1) is 5.10 Å². The summed E-state index contributed by atoms with van der Waals surface area (Å²) in [4.78, 5) is 0. The molecule has 1 aliphatic rings. The van der Waals surface area contributed by atoms with E-state index >= 15 is 0 Å². The molecular formula is C12H21BrN4O. The van der Waals surface area contributed by atoms with Crippen molar-refractivity contribution in [3.05, 3.63) is 10.3 Å². The van der Waals surface area contributed by atoms with Crippen LogP contribution in [0.4, 0.5) is 0 Å². The maximum absolute atomic E-state index is 5.72. The van der Waals surface area contributed by atoms with E-state index < -0.39 is 0 Å². The third-order valence-electron chi connectivity index (χ3n) is 3.88. The van der Waals surface area contributed by atoms with E-state index in [1.165, 1.54) is 6.42 Å². The molecule has 0 aromatic carbocycles. The number of rotatable bonds is 6. The predicted molar refractivity (Wildman–Crippen MR) is 73.3 cm³/mol. The van der Waals surface area contributed by atoms with Gasteiger partial charge in [-0.3, -0.25) is 0 Å². The normalized spacial score (nSPS) is 19.6. The molecule has 1 unspecified atom stereocenters. The summed E-state index contributed by atoms with van der Waals surface area (Å²) in [5, 5.41) is 11.6. The Labute approximate surface area is 116 Å². The van der Waals surface area contributed by atoms with Gasteiger partial charge in [0.2, 0.25) is 0 Å². The van der Waals surface area contributed by atoms with E-state index in [1.54, 1.807) is 0 Å². The van der Waals surface area contributed by atoms with Crippen molar-refractivity contribution in [2.75, 3.05) is 13.7 Å². The molecule has 0 spiro atoms. The van der Waals surface area contributed by atoms with E-state index in [2.05, 4.69) is 38.5 Å². The highest BCUT2D eigenvalue weighted by molar-refractivity contribution is 9.10. The van der Waals surface area contributed by atoms with Gasteiger partial charge in [0.25, 0.3) is 0 Å². The van der Waals surface area contributed by atoms with Crippen LogP contribution in [0.15, 0.2) is 4.60 Å². The summed E-state index contributed by atoms with van der Waals surface area (Å²) in [6, 6.07) is 0.227.